The summed E-state index contributed by atoms with van der Waals surface area (Å²) in [6, 6.07) is 10.2. The lowest BCUT2D eigenvalue weighted by atomic mass is 10.1. The number of nitrogens with zero attached hydrogens (tertiary/aromatic N) is 1. The zero-order valence-electron chi connectivity index (χ0n) is 11.2. The fourth-order valence-electron chi connectivity index (χ4n) is 1.86. The third kappa shape index (κ3) is 3.61. The molecule has 0 fully saturated rings. The fraction of sp³-hybridized carbons (Fsp3) is 0.357. The van der Waals surface area contributed by atoms with Gasteiger partial charge in [-0.05, 0) is 6.92 Å². The van der Waals surface area contributed by atoms with Crippen LogP contribution in [0.15, 0.2) is 35.7 Å². The summed E-state index contributed by atoms with van der Waals surface area (Å²) in [5, 5.41) is 3.14. The Bertz CT molecular complexity index is 500. The molecule has 3 N–H and O–H groups in total. The average Bonchev–Trinajstić information content (AvgIpc) is 2.93. The first kappa shape index (κ1) is 14.1. The van der Waals surface area contributed by atoms with E-state index in [-0.39, 0.29) is 12.1 Å². The van der Waals surface area contributed by atoms with Crippen LogP contribution in [-0.4, -0.2) is 24.2 Å². The predicted molar refractivity (Wildman–Crippen MR) is 78.8 cm³/mol. The van der Waals surface area contributed by atoms with Crippen LogP contribution < -0.4 is 11.3 Å². The molecule has 102 valence electrons. The fourth-order valence-corrected chi connectivity index (χ4v) is 2.72. The van der Waals surface area contributed by atoms with Gasteiger partial charge in [0.25, 0.3) is 0 Å². The highest BCUT2D eigenvalue weighted by molar-refractivity contribution is 7.09. The van der Waals surface area contributed by atoms with E-state index in [1.54, 1.807) is 18.4 Å². The minimum absolute atomic E-state index is 0.0501. The maximum absolute atomic E-state index is 5.56. The number of thiazole rings is 1. The van der Waals surface area contributed by atoms with Crippen molar-refractivity contribution in [1.82, 2.24) is 10.4 Å². The maximum Gasteiger partial charge on any atom is 0.0949 e. The summed E-state index contributed by atoms with van der Waals surface area (Å²) < 4.78 is 5.30. The normalized spacial score (nSPS) is 14.3. The highest BCUT2D eigenvalue weighted by atomic mass is 32.1. The Labute approximate surface area is 117 Å². The van der Waals surface area contributed by atoms with Gasteiger partial charge in [-0.25, -0.2) is 4.98 Å². The summed E-state index contributed by atoms with van der Waals surface area (Å²) in [6.45, 7) is 2.00. The number of ether oxygens (including phenoxy) is 1. The van der Waals surface area contributed by atoms with E-state index in [4.69, 9.17) is 10.6 Å². The quantitative estimate of drug-likeness (QED) is 0.628. The summed E-state index contributed by atoms with van der Waals surface area (Å²) in [7, 11) is 1.69. The highest BCUT2D eigenvalue weighted by Crippen LogP contribution is 2.22. The van der Waals surface area contributed by atoms with Crippen LogP contribution in [0.1, 0.15) is 11.9 Å². The predicted octanol–water partition coefficient (Wildman–Crippen LogP) is 2.22. The van der Waals surface area contributed by atoms with Gasteiger partial charge in [0.05, 0.1) is 22.8 Å². The second-order valence-electron chi connectivity index (χ2n) is 4.41. The minimum Gasteiger partial charge on any atom is -0.380 e. The molecule has 1 heterocycles. The van der Waals surface area contributed by atoms with Gasteiger partial charge >= 0.3 is 0 Å². The Morgan fingerprint density at radius 3 is 2.74 bits per heavy atom. The van der Waals surface area contributed by atoms with E-state index in [1.165, 1.54) is 0 Å². The van der Waals surface area contributed by atoms with Crippen molar-refractivity contribution in [2.24, 2.45) is 5.84 Å². The number of benzene rings is 1. The lowest BCUT2D eigenvalue weighted by molar-refractivity contribution is 0.0831. The van der Waals surface area contributed by atoms with Gasteiger partial charge in [0.15, 0.2) is 0 Å². The molecule has 1 aromatic carbocycles. The minimum atomic E-state index is 0.0501. The Morgan fingerprint density at radius 1 is 1.37 bits per heavy atom. The van der Waals surface area contributed by atoms with Gasteiger partial charge in [-0.1, -0.05) is 30.3 Å². The molecule has 0 amide bonds. The molecule has 0 aliphatic rings. The SMILES string of the molecule is COC(C)C(Cc1nc(-c2ccccc2)cs1)NN. The van der Waals surface area contributed by atoms with E-state index in [0.29, 0.717) is 0 Å². The Balaban J connectivity index is 2.09. The van der Waals surface area contributed by atoms with Gasteiger partial charge < -0.3 is 4.74 Å². The lowest BCUT2D eigenvalue weighted by Gasteiger charge is -2.20. The van der Waals surface area contributed by atoms with Gasteiger partial charge in [-0.2, -0.15) is 0 Å². The number of hydrogen-bond donors (Lipinski definition) is 2. The molecule has 2 aromatic rings. The van der Waals surface area contributed by atoms with Crippen LogP contribution >= 0.6 is 11.3 Å². The zero-order chi connectivity index (χ0) is 13.7. The van der Waals surface area contributed by atoms with E-state index >= 15 is 0 Å². The summed E-state index contributed by atoms with van der Waals surface area (Å²) in [5.74, 6) is 5.56. The molecule has 1 aromatic heterocycles. The number of nitrogens with two attached hydrogens (primary N) is 1. The van der Waals surface area contributed by atoms with Crippen LogP contribution in [0.5, 0.6) is 0 Å². The van der Waals surface area contributed by atoms with Crippen molar-refractivity contribution in [1.29, 1.82) is 0 Å². The van der Waals surface area contributed by atoms with Crippen LogP contribution in [0.25, 0.3) is 11.3 Å². The van der Waals surface area contributed by atoms with E-state index in [2.05, 4.69) is 27.9 Å². The van der Waals surface area contributed by atoms with Crippen molar-refractivity contribution in [3.63, 3.8) is 0 Å². The summed E-state index contributed by atoms with van der Waals surface area (Å²) in [4.78, 5) is 4.65. The largest absolute Gasteiger partial charge is 0.380 e. The second kappa shape index (κ2) is 6.77. The van der Waals surface area contributed by atoms with Gasteiger partial charge in [0.2, 0.25) is 0 Å². The number of hydrogen-bond acceptors (Lipinski definition) is 5. The van der Waals surface area contributed by atoms with Crippen molar-refractivity contribution >= 4 is 11.3 Å². The van der Waals surface area contributed by atoms with Crippen molar-refractivity contribution in [3.05, 3.63) is 40.7 Å². The number of nitrogens with one attached hydrogen (secondary N) is 1. The molecule has 5 heteroatoms. The van der Waals surface area contributed by atoms with Gasteiger partial charge in [-0.3, -0.25) is 11.3 Å². The topological polar surface area (TPSA) is 60.2 Å². The number of rotatable bonds is 6. The first-order valence-corrected chi connectivity index (χ1v) is 7.11. The number of methoxy groups -OCH3 is 1. The van der Waals surface area contributed by atoms with E-state index < -0.39 is 0 Å². The van der Waals surface area contributed by atoms with E-state index in [0.717, 1.165) is 22.7 Å². The molecule has 0 saturated heterocycles. The summed E-state index contributed by atoms with van der Waals surface area (Å²) in [5.41, 5.74) is 4.95. The van der Waals surface area contributed by atoms with Gasteiger partial charge in [-0.15, -0.1) is 11.3 Å². The first-order chi connectivity index (χ1) is 9.24. The third-order valence-electron chi connectivity index (χ3n) is 3.17. The molecule has 0 radical (unpaired) electrons. The van der Waals surface area contributed by atoms with Crippen LogP contribution in [0.3, 0.4) is 0 Å². The smallest absolute Gasteiger partial charge is 0.0949 e. The molecular weight excluding hydrogens is 258 g/mol. The highest BCUT2D eigenvalue weighted by Gasteiger charge is 2.17. The van der Waals surface area contributed by atoms with Crippen molar-refractivity contribution < 1.29 is 4.74 Å². The molecule has 0 aliphatic carbocycles. The summed E-state index contributed by atoms with van der Waals surface area (Å²) >= 11 is 1.65. The molecule has 2 atom stereocenters. The molecule has 0 bridgehead atoms. The average molecular weight is 277 g/mol. The number of hydrazine groups is 1. The van der Waals surface area contributed by atoms with Gasteiger partial charge in [0, 0.05) is 24.5 Å². The van der Waals surface area contributed by atoms with E-state index in [1.807, 2.05) is 25.1 Å². The van der Waals surface area contributed by atoms with Crippen molar-refractivity contribution in [2.45, 2.75) is 25.5 Å². The van der Waals surface area contributed by atoms with Gasteiger partial charge in [0.1, 0.15) is 0 Å². The maximum atomic E-state index is 5.56. The van der Waals surface area contributed by atoms with Crippen LogP contribution in [-0.2, 0) is 11.2 Å². The number of aromatic nitrogens is 1. The molecule has 2 unspecified atom stereocenters. The van der Waals surface area contributed by atoms with Crippen molar-refractivity contribution in [2.75, 3.05) is 7.11 Å². The molecular formula is C14H19N3OS. The molecule has 0 saturated carbocycles. The molecule has 0 spiro atoms. The van der Waals surface area contributed by atoms with Crippen molar-refractivity contribution in [3.8, 4) is 11.3 Å². The third-order valence-corrected chi connectivity index (χ3v) is 4.04. The first-order valence-electron chi connectivity index (χ1n) is 6.23. The molecule has 19 heavy (non-hydrogen) atoms. The molecule has 4 nitrogen and oxygen atoms in total. The van der Waals surface area contributed by atoms with Crippen LogP contribution in [0, 0.1) is 0 Å². The summed E-state index contributed by atoms with van der Waals surface area (Å²) in [6.07, 6.45) is 0.817. The zero-order valence-corrected chi connectivity index (χ0v) is 12.0. The van der Waals surface area contributed by atoms with Crippen LogP contribution in [0.4, 0.5) is 0 Å². The standard InChI is InChI=1S/C14H19N3OS/c1-10(18-2)12(17-15)8-14-16-13(9-19-14)11-6-4-3-5-7-11/h3-7,9-10,12,17H,8,15H2,1-2H3. The molecule has 2 rings (SSSR count). The Morgan fingerprint density at radius 2 is 2.11 bits per heavy atom. The second-order valence-corrected chi connectivity index (χ2v) is 5.35. The van der Waals surface area contributed by atoms with Crippen LogP contribution in [0.2, 0.25) is 0 Å². The molecule has 0 aliphatic heterocycles. The Hall–Kier alpha value is -1.27. The Kier molecular flexibility index (Phi) is 5.04. The monoisotopic (exact) mass is 277 g/mol. The lowest BCUT2D eigenvalue weighted by Crippen LogP contribution is -2.45. The van der Waals surface area contributed by atoms with E-state index in [9.17, 15) is 0 Å².